The first-order valence-electron chi connectivity index (χ1n) is 8.99. The molecule has 0 atom stereocenters. The van der Waals surface area contributed by atoms with Gasteiger partial charge in [-0.15, -0.1) is 0 Å². The monoisotopic (exact) mass is 440 g/mol. The summed E-state index contributed by atoms with van der Waals surface area (Å²) in [7, 11) is 0. The number of hydrogen-bond donors (Lipinski definition) is 0. The largest absolute Gasteiger partial charge is 0.462 e. The van der Waals surface area contributed by atoms with Crippen molar-refractivity contribution in [2.45, 2.75) is 16.7 Å². The molecule has 3 aromatic rings. The van der Waals surface area contributed by atoms with Crippen LogP contribution in [0.25, 0.3) is 0 Å². The minimum absolute atomic E-state index is 0.00319. The van der Waals surface area contributed by atoms with Gasteiger partial charge in [-0.3, -0.25) is 15.1 Å². The zero-order chi connectivity index (χ0) is 21.5. The third-order valence-electron chi connectivity index (χ3n) is 3.96. The van der Waals surface area contributed by atoms with Crippen molar-refractivity contribution in [3.63, 3.8) is 0 Å². The van der Waals surface area contributed by atoms with Crippen LogP contribution in [-0.4, -0.2) is 23.7 Å². The van der Waals surface area contributed by atoms with Crippen LogP contribution < -0.4 is 0 Å². The predicted molar refractivity (Wildman–Crippen MR) is 118 cm³/mol. The number of nitrogens with zero attached hydrogens (tertiary/aromatic N) is 2. The summed E-state index contributed by atoms with van der Waals surface area (Å²) in [5.41, 5.74) is 1.65. The molecule has 8 heteroatoms. The third kappa shape index (κ3) is 5.68. The van der Waals surface area contributed by atoms with Gasteiger partial charge in [-0.1, -0.05) is 29.4 Å². The fourth-order valence-corrected chi connectivity index (χ4v) is 3.55. The smallest absolute Gasteiger partial charge is 0.338 e. The number of carbonyl (C=O) groups is 1. The number of nitro benzene ring substituents is 1. The second-order valence-corrected chi connectivity index (χ2v) is 7.62. The lowest BCUT2D eigenvalue weighted by atomic mass is 10.2. The minimum Gasteiger partial charge on any atom is -0.462 e. The van der Waals surface area contributed by atoms with E-state index in [0.717, 1.165) is 4.90 Å². The van der Waals surface area contributed by atoms with Gasteiger partial charge in [0.05, 0.1) is 27.7 Å². The Hall–Kier alpha value is -3.16. The maximum absolute atomic E-state index is 11.7. The maximum atomic E-state index is 11.7. The van der Waals surface area contributed by atoms with Crippen LogP contribution in [0, 0.1) is 10.1 Å². The number of aliphatic imine (C=N–C) groups is 1. The second kappa shape index (κ2) is 10.0. The van der Waals surface area contributed by atoms with Crippen LogP contribution >= 0.6 is 23.4 Å². The number of ether oxygens (including phenoxy) is 1. The van der Waals surface area contributed by atoms with E-state index in [2.05, 4.69) is 4.99 Å². The molecule has 0 saturated heterocycles. The Morgan fingerprint density at radius 3 is 2.47 bits per heavy atom. The fourth-order valence-electron chi connectivity index (χ4n) is 2.52. The second-order valence-electron chi connectivity index (χ2n) is 6.07. The van der Waals surface area contributed by atoms with E-state index in [0.29, 0.717) is 33.3 Å². The zero-order valence-corrected chi connectivity index (χ0v) is 17.5. The average Bonchev–Trinajstić information content (AvgIpc) is 2.75. The van der Waals surface area contributed by atoms with Crippen molar-refractivity contribution < 1.29 is 14.5 Å². The number of hydrogen-bond acceptors (Lipinski definition) is 6. The van der Waals surface area contributed by atoms with Crippen LogP contribution in [-0.2, 0) is 4.74 Å². The summed E-state index contributed by atoms with van der Waals surface area (Å²) in [6.07, 6.45) is 1.54. The summed E-state index contributed by atoms with van der Waals surface area (Å²) in [6.45, 7) is 2.05. The van der Waals surface area contributed by atoms with Crippen LogP contribution in [0.4, 0.5) is 11.4 Å². The van der Waals surface area contributed by atoms with Crippen LogP contribution in [0.2, 0.25) is 5.02 Å². The number of esters is 1. The topological polar surface area (TPSA) is 81.8 Å². The first kappa shape index (κ1) is 21.5. The molecule has 0 radical (unpaired) electrons. The van der Waals surface area contributed by atoms with E-state index >= 15 is 0 Å². The van der Waals surface area contributed by atoms with Gasteiger partial charge in [0.25, 0.3) is 5.69 Å². The molecule has 3 rings (SSSR count). The Kier molecular flexibility index (Phi) is 7.21. The lowest BCUT2D eigenvalue weighted by molar-refractivity contribution is -0.387. The Morgan fingerprint density at radius 2 is 1.83 bits per heavy atom. The van der Waals surface area contributed by atoms with E-state index in [-0.39, 0.29) is 5.69 Å². The summed E-state index contributed by atoms with van der Waals surface area (Å²) in [5.74, 6) is -0.391. The standard InChI is InChI=1S/C22H17ClN2O4S/c1-2-29-22(26)16-4-8-18(9-5-16)24-14-15-3-12-21(20(13-15)25(27)28)30-19-10-6-17(23)7-11-19/h3-14H,2H2,1H3. The molecular weight excluding hydrogens is 424 g/mol. The van der Waals surface area contributed by atoms with Gasteiger partial charge >= 0.3 is 5.97 Å². The van der Waals surface area contributed by atoms with E-state index < -0.39 is 10.9 Å². The molecule has 6 nitrogen and oxygen atoms in total. The molecule has 0 unspecified atom stereocenters. The van der Waals surface area contributed by atoms with Gasteiger partial charge in [0.15, 0.2) is 0 Å². The first-order valence-corrected chi connectivity index (χ1v) is 10.2. The van der Waals surface area contributed by atoms with Crippen molar-refractivity contribution >= 4 is 46.9 Å². The van der Waals surface area contributed by atoms with Gasteiger partial charge in [0, 0.05) is 22.2 Å². The van der Waals surface area contributed by atoms with E-state index in [4.69, 9.17) is 16.3 Å². The number of carbonyl (C=O) groups excluding carboxylic acids is 1. The predicted octanol–water partition coefficient (Wildman–Crippen LogP) is 6.33. The highest BCUT2D eigenvalue weighted by Crippen LogP contribution is 2.35. The van der Waals surface area contributed by atoms with Gasteiger partial charge in [-0.2, -0.15) is 0 Å². The summed E-state index contributed by atoms with van der Waals surface area (Å²) in [6, 6.07) is 18.7. The summed E-state index contributed by atoms with van der Waals surface area (Å²) in [5, 5.41) is 12.1. The zero-order valence-electron chi connectivity index (χ0n) is 15.9. The Bertz CT molecular complexity index is 1080. The Balaban J connectivity index is 1.78. The molecule has 0 saturated carbocycles. The van der Waals surface area contributed by atoms with Gasteiger partial charge in [-0.25, -0.2) is 4.79 Å². The van der Waals surface area contributed by atoms with Crippen LogP contribution in [0.15, 0.2) is 81.5 Å². The molecule has 3 aromatic carbocycles. The molecule has 0 fully saturated rings. The number of nitro groups is 1. The normalized spacial score (nSPS) is 10.9. The summed E-state index contributed by atoms with van der Waals surface area (Å²) < 4.78 is 4.94. The van der Waals surface area contributed by atoms with E-state index in [1.54, 1.807) is 61.7 Å². The SMILES string of the molecule is CCOC(=O)c1ccc(N=Cc2ccc(Sc3ccc(Cl)cc3)c([N+](=O)[O-])c2)cc1. The summed E-state index contributed by atoms with van der Waals surface area (Å²) in [4.78, 5) is 28.5. The van der Waals surface area contributed by atoms with Crippen LogP contribution in [0.1, 0.15) is 22.8 Å². The highest BCUT2D eigenvalue weighted by molar-refractivity contribution is 7.99. The molecule has 30 heavy (non-hydrogen) atoms. The molecule has 0 N–H and O–H groups in total. The van der Waals surface area contributed by atoms with Crippen molar-refractivity contribution in [3.8, 4) is 0 Å². The Morgan fingerprint density at radius 1 is 1.13 bits per heavy atom. The maximum Gasteiger partial charge on any atom is 0.338 e. The van der Waals surface area contributed by atoms with Crippen molar-refractivity contribution in [1.82, 2.24) is 0 Å². The van der Waals surface area contributed by atoms with Crippen LogP contribution in [0.5, 0.6) is 0 Å². The molecule has 0 aliphatic rings. The highest BCUT2D eigenvalue weighted by atomic mass is 35.5. The summed E-state index contributed by atoms with van der Waals surface area (Å²) >= 11 is 7.18. The van der Waals surface area contributed by atoms with Crippen molar-refractivity contribution in [2.75, 3.05) is 6.61 Å². The quantitative estimate of drug-likeness (QED) is 0.185. The molecule has 0 aliphatic carbocycles. The van der Waals surface area contributed by atoms with Gasteiger partial charge in [-0.05, 0) is 67.1 Å². The first-order chi connectivity index (χ1) is 14.5. The third-order valence-corrected chi connectivity index (χ3v) is 5.29. The Labute approximate surface area is 182 Å². The van der Waals surface area contributed by atoms with Gasteiger partial charge in [0.1, 0.15) is 0 Å². The molecule has 0 aromatic heterocycles. The minimum atomic E-state index is -0.413. The van der Waals surface area contributed by atoms with E-state index in [9.17, 15) is 14.9 Å². The molecule has 0 heterocycles. The van der Waals surface area contributed by atoms with E-state index in [1.807, 2.05) is 12.1 Å². The number of rotatable bonds is 7. The van der Waals surface area contributed by atoms with E-state index in [1.165, 1.54) is 17.8 Å². The van der Waals surface area contributed by atoms with Gasteiger partial charge < -0.3 is 4.74 Å². The van der Waals surface area contributed by atoms with Crippen molar-refractivity contribution in [1.29, 1.82) is 0 Å². The average molecular weight is 441 g/mol. The lowest BCUT2D eigenvalue weighted by Crippen LogP contribution is -2.03. The molecular formula is C22H17ClN2O4S. The van der Waals surface area contributed by atoms with Crippen molar-refractivity contribution in [2.24, 2.45) is 4.99 Å². The number of benzene rings is 3. The molecule has 0 bridgehead atoms. The molecule has 0 amide bonds. The van der Waals surface area contributed by atoms with Crippen LogP contribution in [0.3, 0.4) is 0 Å². The molecule has 0 spiro atoms. The molecule has 0 aliphatic heterocycles. The number of halogens is 1. The lowest BCUT2D eigenvalue weighted by Gasteiger charge is -2.04. The van der Waals surface area contributed by atoms with Gasteiger partial charge in [0.2, 0.25) is 0 Å². The fraction of sp³-hybridized carbons (Fsp3) is 0.0909. The molecule has 152 valence electrons. The highest BCUT2D eigenvalue weighted by Gasteiger charge is 2.15. The van der Waals surface area contributed by atoms with Crippen molar-refractivity contribution in [3.05, 3.63) is 93.0 Å².